The number of carbonyl (C=O) groups excluding carboxylic acids is 1. The summed E-state index contributed by atoms with van der Waals surface area (Å²) < 4.78 is 28.2. The molecule has 0 bridgehead atoms. The van der Waals surface area contributed by atoms with Gasteiger partial charge in [-0.25, -0.2) is 8.42 Å². The van der Waals surface area contributed by atoms with Crippen molar-refractivity contribution in [2.45, 2.75) is 44.4 Å². The van der Waals surface area contributed by atoms with E-state index < -0.39 is 10.0 Å². The lowest BCUT2D eigenvalue weighted by atomic mass is 9.95. The van der Waals surface area contributed by atoms with Gasteiger partial charge in [0, 0.05) is 18.8 Å². The minimum Gasteiger partial charge on any atom is -0.325 e. The zero-order valence-corrected chi connectivity index (χ0v) is 19.7. The number of piperidine rings is 1. The second-order valence-electron chi connectivity index (χ2n) is 8.89. The van der Waals surface area contributed by atoms with Crippen molar-refractivity contribution in [2.75, 3.05) is 18.4 Å². The number of nitrogens with zero attached hydrogens (tertiary/aromatic N) is 1. The molecule has 0 aliphatic carbocycles. The van der Waals surface area contributed by atoms with E-state index in [1.54, 1.807) is 12.1 Å². The predicted molar refractivity (Wildman–Crippen MR) is 129 cm³/mol. The highest BCUT2D eigenvalue weighted by Crippen LogP contribution is 2.30. The molecule has 168 valence electrons. The van der Waals surface area contributed by atoms with Gasteiger partial charge >= 0.3 is 0 Å². The van der Waals surface area contributed by atoms with Crippen molar-refractivity contribution < 1.29 is 13.2 Å². The lowest BCUT2D eigenvalue weighted by molar-refractivity contribution is -0.120. The summed E-state index contributed by atoms with van der Waals surface area (Å²) in [7, 11) is -3.67. The Morgan fingerprint density at radius 2 is 1.78 bits per heavy atom. The molecular formula is C26H30N2O3S. The van der Waals surface area contributed by atoms with Gasteiger partial charge in [-0.1, -0.05) is 62.4 Å². The zero-order valence-electron chi connectivity index (χ0n) is 18.8. The van der Waals surface area contributed by atoms with Gasteiger partial charge in [0.15, 0.2) is 0 Å². The maximum atomic E-state index is 13.3. The van der Waals surface area contributed by atoms with Gasteiger partial charge in [0.1, 0.15) is 0 Å². The molecule has 1 amide bonds. The van der Waals surface area contributed by atoms with Gasteiger partial charge in [-0.05, 0) is 59.7 Å². The van der Waals surface area contributed by atoms with E-state index in [-0.39, 0.29) is 29.2 Å². The molecule has 1 saturated heterocycles. The molecule has 0 unspecified atom stereocenters. The van der Waals surface area contributed by atoms with Crippen LogP contribution in [0.25, 0.3) is 10.8 Å². The fraction of sp³-hybridized carbons (Fsp3) is 0.346. The first-order valence-corrected chi connectivity index (χ1v) is 12.6. The van der Waals surface area contributed by atoms with E-state index in [1.807, 2.05) is 55.5 Å². The first-order valence-electron chi connectivity index (χ1n) is 11.2. The summed E-state index contributed by atoms with van der Waals surface area (Å²) in [5, 5.41) is 5.00. The highest BCUT2D eigenvalue weighted by molar-refractivity contribution is 7.89. The van der Waals surface area contributed by atoms with E-state index in [2.05, 4.69) is 19.2 Å². The molecule has 1 fully saturated rings. The van der Waals surface area contributed by atoms with Crippen LogP contribution in [0.3, 0.4) is 0 Å². The van der Waals surface area contributed by atoms with Gasteiger partial charge in [0.2, 0.25) is 15.9 Å². The molecule has 32 heavy (non-hydrogen) atoms. The molecule has 5 nitrogen and oxygen atoms in total. The lowest BCUT2D eigenvalue weighted by Gasteiger charge is -2.31. The van der Waals surface area contributed by atoms with Crippen LogP contribution >= 0.6 is 0 Å². The molecular weight excluding hydrogens is 420 g/mol. The number of aryl methyl sites for hydroxylation is 1. The quantitative estimate of drug-likeness (QED) is 0.573. The van der Waals surface area contributed by atoms with Gasteiger partial charge < -0.3 is 5.32 Å². The van der Waals surface area contributed by atoms with Crippen LogP contribution in [0.15, 0.2) is 65.6 Å². The Kier molecular flexibility index (Phi) is 6.35. The number of rotatable bonds is 5. The predicted octanol–water partition coefficient (Wildman–Crippen LogP) is 5.31. The van der Waals surface area contributed by atoms with Crippen LogP contribution in [0, 0.1) is 12.8 Å². The van der Waals surface area contributed by atoms with E-state index in [4.69, 9.17) is 0 Å². The normalized spacial score (nSPS) is 17.6. The third kappa shape index (κ3) is 4.43. The second-order valence-corrected chi connectivity index (χ2v) is 10.8. The molecule has 0 spiro atoms. The van der Waals surface area contributed by atoms with E-state index in [0.717, 1.165) is 27.6 Å². The van der Waals surface area contributed by atoms with Crippen LogP contribution in [0.4, 0.5) is 5.69 Å². The molecule has 1 aliphatic rings. The van der Waals surface area contributed by atoms with E-state index in [9.17, 15) is 13.2 Å². The van der Waals surface area contributed by atoms with E-state index >= 15 is 0 Å². The Balaban J connectivity index is 1.54. The lowest BCUT2D eigenvalue weighted by Crippen LogP contribution is -2.43. The van der Waals surface area contributed by atoms with Crippen molar-refractivity contribution in [1.82, 2.24) is 4.31 Å². The summed E-state index contributed by atoms with van der Waals surface area (Å²) in [6.45, 7) is 6.81. The Hall–Kier alpha value is -2.70. The average Bonchev–Trinajstić information content (AvgIpc) is 2.80. The second kappa shape index (κ2) is 9.04. The molecule has 1 heterocycles. The molecule has 3 aromatic carbocycles. The molecule has 0 aromatic heterocycles. The SMILES string of the molecule is Cc1cccc(C(C)C)c1NC(=O)[C@@H]1CCCN(S(=O)(=O)c2ccc3ccccc3c2)C1. The molecule has 1 aliphatic heterocycles. The smallest absolute Gasteiger partial charge is 0.243 e. The fourth-order valence-electron chi connectivity index (χ4n) is 4.42. The van der Waals surface area contributed by atoms with Gasteiger partial charge in [-0.3, -0.25) is 4.79 Å². The first-order chi connectivity index (χ1) is 15.3. The number of benzene rings is 3. The summed E-state index contributed by atoms with van der Waals surface area (Å²) in [4.78, 5) is 13.4. The van der Waals surface area contributed by atoms with Crippen molar-refractivity contribution in [3.63, 3.8) is 0 Å². The molecule has 0 radical (unpaired) electrons. The number of nitrogens with one attached hydrogen (secondary N) is 1. The van der Waals surface area contributed by atoms with Crippen molar-refractivity contribution in [2.24, 2.45) is 5.92 Å². The van der Waals surface area contributed by atoms with Crippen LogP contribution in [-0.2, 0) is 14.8 Å². The Morgan fingerprint density at radius 3 is 2.53 bits per heavy atom. The number of anilines is 1. The Labute approximate surface area is 190 Å². The van der Waals surface area contributed by atoms with Gasteiger partial charge in [0.05, 0.1) is 10.8 Å². The van der Waals surface area contributed by atoms with Crippen LogP contribution in [-0.4, -0.2) is 31.7 Å². The van der Waals surface area contributed by atoms with Crippen molar-refractivity contribution in [3.8, 4) is 0 Å². The number of hydrogen-bond donors (Lipinski definition) is 1. The van der Waals surface area contributed by atoms with Crippen LogP contribution < -0.4 is 5.32 Å². The number of para-hydroxylation sites is 1. The number of carbonyl (C=O) groups is 1. The number of hydrogen-bond acceptors (Lipinski definition) is 3. The summed E-state index contributed by atoms with van der Waals surface area (Å²) in [6.07, 6.45) is 1.34. The van der Waals surface area contributed by atoms with Crippen molar-refractivity contribution in [1.29, 1.82) is 0 Å². The number of amides is 1. The summed E-state index contributed by atoms with van der Waals surface area (Å²) >= 11 is 0. The summed E-state index contributed by atoms with van der Waals surface area (Å²) in [5.41, 5.74) is 2.96. The minimum absolute atomic E-state index is 0.111. The highest BCUT2D eigenvalue weighted by atomic mass is 32.2. The number of sulfonamides is 1. The van der Waals surface area contributed by atoms with Gasteiger partial charge in [-0.15, -0.1) is 0 Å². The standard InChI is InChI=1S/C26H30N2O3S/c1-18(2)24-12-6-8-19(3)25(24)27-26(29)22-11-7-15-28(17-22)32(30,31)23-14-13-20-9-4-5-10-21(20)16-23/h4-6,8-10,12-14,16,18,22H,7,11,15,17H2,1-3H3,(H,27,29)/t22-/m1/s1. The molecule has 1 N–H and O–H groups in total. The Bertz CT molecular complexity index is 1250. The van der Waals surface area contributed by atoms with Crippen LogP contribution in [0.5, 0.6) is 0 Å². The highest BCUT2D eigenvalue weighted by Gasteiger charge is 2.33. The van der Waals surface area contributed by atoms with E-state index in [1.165, 1.54) is 4.31 Å². The van der Waals surface area contributed by atoms with Crippen molar-refractivity contribution in [3.05, 3.63) is 71.8 Å². The maximum Gasteiger partial charge on any atom is 0.243 e. The topological polar surface area (TPSA) is 66.5 Å². The van der Waals surface area contributed by atoms with E-state index in [0.29, 0.717) is 19.4 Å². The third-order valence-corrected chi connectivity index (χ3v) is 8.15. The number of fused-ring (bicyclic) bond motifs is 1. The molecule has 4 rings (SSSR count). The third-order valence-electron chi connectivity index (χ3n) is 6.29. The summed E-state index contributed by atoms with van der Waals surface area (Å²) in [5.74, 6) is -0.209. The van der Waals surface area contributed by atoms with Crippen LogP contribution in [0.2, 0.25) is 0 Å². The Morgan fingerprint density at radius 1 is 1.03 bits per heavy atom. The van der Waals surface area contributed by atoms with Crippen molar-refractivity contribution >= 4 is 32.4 Å². The molecule has 1 atom stereocenters. The summed E-state index contributed by atoms with van der Waals surface area (Å²) in [6, 6.07) is 18.9. The fourth-order valence-corrected chi connectivity index (χ4v) is 5.98. The largest absolute Gasteiger partial charge is 0.325 e. The zero-order chi connectivity index (χ0) is 22.9. The van der Waals surface area contributed by atoms with Gasteiger partial charge in [-0.2, -0.15) is 4.31 Å². The molecule has 3 aromatic rings. The van der Waals surface area contributed by atoms with Gasteiger partial charge in [0.25, 0.3) is 0 Å². The molecule has 6 heteroatoms. The minimum atomic E-state index is -3.67. The van der Waals surface area contributed by atoms with Crippen LogP contribution in [0.1, 0.15) is 43.7 Å². The average molecular weight is 451 g/mol. The monoisotopic (exact) mass is 450 g/mol. The first kappa shape index (κ1) is 22.5. The molecule has 0 saturated carbocycles. The maximum absolute atomic E-state index is 13.3.